The van der Waals surface area contributed by atoms with Gasteiger partial charge in [0.2, 0.25) is 0 Å². The molecule has 1 aromatic carbocycles. The SMILES string of the molecule is Cc1noc2cc(F)c(-n3c(=O)cc(C)n(C)c3=O)cc12. The minimum absolute atomic E-state index is 0.112. The highest BCUT2D eigenvalue weighted by atomic mass is 19.1. The Kier molecular flexibility index (Phi) is 2.79. The highest BCUT2D eigenvalue weighted by Gasteiger charge is 2.16. The summed E-state index contributed by atoms with van der Waals surface area (Å²) in [5.74, 6) is -0.721. The van der Waals surface area contributed by atoms with E-state index in [2.05, 4.69) is 5.16 Å². The van der Waals surface area contributed by atoms with Crippen molar-refractivity contribution in [2.45, 2.75) is 13.8 Å². The summed E-state index contributed by atoms with van der Waals surface area (Å²) in [6.45, 7) is 3.33. The Hall–Kier alpha value is -2.70. The molecule has 0 aliphatic carbocycles. The lowest BCUT2D eigenvalue weighted by Crippen LogP contribution is -2.38. The van der Waals surface area contributed by atoms with Crippen molar-refractivity contribution in [1.29, 1.82) is 0 Å². The first-order chi connectivity index (χ1) is 9.90. The fourth-order valence-corrected chi connectivity index (χ4v) is 2.20. The first-order valence-corrected chi connectivity index (χ1v) is 6.25. The summed E-state index contributed by atoms with van der Waals surface area (Å²) in [4.78, 5) is 24.3. The quantitative estimate of drug-likeness (QED) is 0.679. The number of halogens is 1. The van der Waals surface area contributed by atoms with Crippen LogP contribution in [-0.4, -0.2) is 14.3 Å². The highest BCUT2D eigenvalue weighted by Crippen LogP contribution is 2.23. The molecule has 0 saturated heterocycles. The van der Waals surface area contributed by atoms with Crippen molar-refractivity contribution in [3.8, 4) is 5.69 Å². The predicted molar refractivity (Wildman–Crippen MR) is 74.3 cm³/mol. The zero-order chi connectivity index (χ0) is 15.3. The molecule has 0 N–H and O–H groups in total. The van der Waals surface area contributed by atoms with E-state index < -0.39 is 17.1 Å². The topological polar surface area (TPSA) is 70.0 Å². The van der Waals surface area contributed by atoms with Crippen molar-refractivity contribution in [3.05, 3.63) is 56.2 Å². The maximum absolute atomic E-state index is 14.2. The van der Waals surface area contributed by atoms with E-state index in [1.165, 1.54) is 23.7 Å². The average molecular weight is 289 g/mol. The monoisotopic (exact) mass is 289 g/mol. The van der Waals surface area contributed by atoms with Crippen LogP contribution in [0.1, 0.15) is 11.4 Å². The molecular formula is C14H12FN3O3. The van der Waals surface area contributed by atoms with Gasteiger partial charge in [0, 0.05) is 30.3 Å². The van der Waals surface area contributed by atoms with Gasteiger partial charge >= 0.3 is 5.69 Å². The number of nitrogens with zero attached hydrogens (tertiary/aromatic N) is 3. The molecule has 0 spiro atoms. The lowest BCUT2D eigenvalue weighted by atomic mass is 10.2. The van der Waals surface area contributed by atoms with E-state index in [0.717, 1.165) is 10.6 Å². The molecule has 0 aliphatic heterocycles. The molecule has 2 heterocycles. The number of rotatable bonds is 1. The Morgan fingerprint density at radius 3 is 2.62 bits per heavy atom. The molecule has 0 radical (unpaired) electrons. The van der Waals surface area contributed by atoms with Gasteiger partial charge in [-0.1, -0.05) is 5.16 Å². The van der Waals surface area contributed by atoms with Crippen molar-refractivity contribution in [2.24, 2.45) is 7.05 Å². The van der Waals surface area contributed by atoms with Crippen LogP contribution in [0.5, 0.6) is 0 Å². The van der Waals surface area contributed by atoms with Crippen molar-refractivity contribution < 1.29 is 8.91 Å². The van der Waals surface area contributed by atoms with Crippen LogP contribution in [0.2, 0.25) is 0 Å². The summed E-state index contributed by atoms with van der Waals surface area (Å²) in [5.41, 5.74) is 0.0348. The van der Waals surface area contributed by atoms with Crippen LogP contribution in [0.3, 0.4) is 0 Å². The number of aromatic nitrogens is 3. The zero-order valence-corrected chi connectivity index (χ0v) is 11.7. The van der Waals surface area contributed by atoms with Crippen LogP contribution in [0, 0.1) is 19.7 Å². The molecule has 108 valence electrons. The van der Waals surface area contributed by atoms with Gasteiger partial charge in [-0.25, -0.2) is 13.8 Å². The maximum atomic E-state index is 14.2. The van der Waals surface area contributed by atoms with Gasteiger partial charge in [-0.05, 0) is 19.9 Å². The summed E-state index contributed by atoms with van der Waals surface area (Å²) in [7, 11) is 1.52. The second-order valence-corrected chi connectivity index (χ2v) is 4.87. The number of hydrogen-bond donors (Lipinski definition) is 0. The van der Waals surface area contributed by atoms with Crippen LogP contribution in [0.15, 0.2) is 32.3 Å². The highest BCUT2D eigenvalue weighted by molar-refractivity contribution is 5.81. The van der Waals surface area contributed by atoms with E-state index in [1.54, 1.807) is 13.8 Å². The molecular weight excluding hydrogens is 277 g/mol. The number of fused-ring (bicyclic) bond motifs is 1. The molecule has 0 saturated carbocycles. The van der Waals surface area contributed by atoms with Crippen LogP contribution in [0.4, 0.5) is 4.39 Å². The molecule has 2 aromatic heterocycles. The van der Waals surface area contributed by atoms with Crippen LogP contribution >= 0.6 is 0 Å². The van der Waals surface area contributed by atoms with Crippen LogP contribution in [0.25, 0.3) is 16.7 Å². The Labute approximate surface area is 118 Å². The largest absolute Gasteiger partial charge is 0.356 e. The van der Waals surface area contributed by atoms with Gasteiger partial charge in [-0.3, -0.25) is 4.79 Å². The third-order valence-corrected chi connectivity index (χ3v) is 3.52. The van der Waals surface area contributed by atoms with Gasteiger partial charge in [0.1, 0.15) is 0 Å². The van der Waals surface area contributed by atoms with E-state index in [4.69, 9.17) is 4.52 Å². The van der Waals surface area contributed by atoms with Crippen LogP contribution in [-0.2, 0) is 7.05 Å². The second-order valence-electron chi connectivity index (χ2n) is 4.87. The first kappa shape index (κ1) is 13.3. The summed E-state index contributed by atoms with van der Waals surface area (Å²) in [5, 5.41) is 4.29. The molecule has 0 atom stereocenters. The first-order valence-electron chi connectivity index (χ1n) is 6.25. The predicted octanol–water partition coefficient (Wildman–Crippen LogP) is 1.43. The lowest BCUT2D eigenvalue weighted by Gasteiger charge is -2.10. The molecule has 3 rings (SSSR count). The van der Waals surface area contributed by atoms with Crippen molar-refractivity contribution in [2.75, 3.05) is 0 Å². The summed E-state index contributed by atoms with van der Waals surface area (Å²) >= 11 is 0. The molecule has 0 fully saturated rings. The average Bonchev–Trinajstić information content (AvgIpc) is 2.77. The third-order valence-electron chi connectivity index (χ3n) is 3.52. The fraction of sp³-hybridized carbons (Fsp3) is 0.214. The van der Waals surface area contributed by atoms with Crippen molar-refractivity contribution in [3.63, 3.8) is 0 Å². The molecule has 7 heteroatoms. The molecule has 0 bridgehead atoms. The van der Waals surface area contributed by atoms with E-state index >= 15 is 0 Å². The van der Waals surface area contributed by atoms with Gasteiger partial charge < -0.3 is 9.09 Å². The molecule has 0 aliphatic rings. The molecule has 0 unspecified atom stereocenters. The van der Waals surface area contributed by atoms with Gasteiger partial charge in [0.15, 0.2) is 11.4 Å². The standard InChI is InChI=1S/C14H12FN3O3/c1-7-4-13(19)18(14(20)17(7)3)11-5-9-8(2)16-21-12(9)6-10(11)15/h4-6H,1-3H3. The van der Waals surface area contributed by atoms with Gasteiger partial charge in [0.25, 0.3) is 5.56 Å². The van der Waals surface area contributed by atoms with Crippen molar-refractivity contribution >= 4 is 11.0 Å². The normalized spacial score (nSPS) is 11.2. The Morgan fingerprint density at radius 1 is 1.19 bits per heavy atom. The number of hydrogen-bond acceptors (Lipinski definition) is 4. The second kappa shape index (κ2) is 4.41. The van der Waals surface area contributed by atoms with E-state index in [9.17, 15) is 14.0 Å². The molecule has 0 amide bonds. The van der Waals surface area contributed by atoms with Gasteiger partial charge in [-0.2, -0.15) is 0 Å². The Morgan fingerprint density at radius 2 is 1.90 bits per heavy atom. The van der Waals surface area contributed by atoms with Gasteiger partial charge in [0.05, 0.1) is 11.4 Å². The minimum Gasteiger partial charge on any atom is -0.356 e. The maximum Gasteiger partial charge on any atom is 0.335 e. The smallest absolute Gasteiger partial charge is 0.335 e. The summed E-state index contributed by atoms with van der Waals surface area (Å²) in [6, 6.07) is 3.80. The molecule has 6 nitrogen and oxygen atoms in total. The molecule has 21 heavy (non-hydrogen) atoms. The van der Waals surface area contributed by atoms with E-state index in [0.29, 0.717) is 16.8 Å². The Bertz CT molecular complexity index is 982. The third kappa shape index (κ3) is 1.89. The van der Waals surface area contributed by atoms with Crippen molar-refractivity contribution in [1.82, 2.24) is 14.3 Å². The van der Waals surface area contributed by atoms with Crippen LogP contribution < -0.4 is 11.2 Å². The lowest BCUT2D eigenvalue weighted by molar-refractivity contribution is 0.448. The summed E-state index contributed by atoms with van der Waals surface area (Å²) < 4.78 is 21.3. The Balaban J connectivity index is 2.43. The van der Waals surface area contributed by atoms with E-state index in [1.807, 2.05) is 0 Å². The van der Waals surface area contributed by atoms with E-state index in [-0.39, 0.29) is 11.3 Å². The fourth-order valence-electron chi connectivity index (χ4n) is 2.20. The molecule has 3 aromatic rings. The number of benzene rings is 1. The summed E-state index contributed by atoms with van der Waals surface area (Å²) in [6.07, 6.45) is 0. The zero-order valence-electron chi connectivity index (χ0n) is 11.7. The minimum atomic E-state index is -0.721. The number of aryl methyl sites for hydroxylation is 2. The van der Waals surface area contributed by atoms with Gasteiger partial charge in [-0.15, -0.1) is 0 Å².